The maximum absolute atomic E-state index is 11.9. The molecule has 1 aromatic rings. The van der Waals surface area contributed by atoms with Crippen molar-refractivity contribution in [2.75, 3.05) is 26.2 Å². The second kappa shape index (κ2) is 17.3. The second-order valence-electron chi connectivity index (χ2n) is 8.06. The molecule has 4 nitrogen and oxygen atoms in total. The van der Waals surface area contributed by atoms with Crippen molar-refractivity contribution in [1.82, 2.24) is 4.90 Å². The Morgan fingerprint density at radius 2 is 1.24 bits per heavy atom. The fraction of sp³-hybridized carbons (Fsp3) is 0.720. The number of phenolic OH excluding ortho intramolecular Hbond substituents is 1. The Balaban J connectivity index is 2.12. The third-order valence-electron chi connectivity index (χ3n) is 5.36. The number of nitrogens with zero attached hydrogens (tertiary/aromatic N) is 1. The van der Waals surface area contributed by atoms with Gasteiger partial charge in [-0.2, -0.15) is 0 Å². The number of carbonyl (C=O) groups excluding carboxylic acids is 1. The SMILES string of the molecule is CCCCCCN(CCCCCC)CCCCCCOC(=O)c1ccc(O)cc1. The maximum Gasteiger partial charge on any atom is 0.338 e. The van der Waals surface area contributed by atoms with Gasteiger partial charge in [0.1, 0.15) is 5.75 Å². The largest absolute Gasteiger partial charge is 0.508 e. The van der Waals surface area contributed by atoms with Crippen LogP contribution in [0.1, 0.15) is 101 Å². The van der Waals surface area contributed by atoms with Crippen LogP contribution in [0.15, 0.2) is 24.3 Å². The zero-order chi connectivity index (χ0) is 21.2. The quantitative estimate of drug-likeness (QED) is 0.222. The van der Waals surface area contributed by atoms with E-state index >= 15 is 0 Å². The molecule has 0 aliphatic carbocycles. The standard InChI is InChI=1S/C25H43NO3/c1-3-5-7-11-19-26(20-12-8-6-4-2)21-13-9-10-14-22-29-25(28)23-15-17-24(27)18-16-23/h15-18,27H,3-14,19-22H2,1-2H3. The van der Waals surface area contributed by atoms with Crippen LogP contribution in [0.25, 0.3) is 0 Å². The molecule has 1 N–H and O–H groups in total. The fourth-order valence-electron chi connectivity index (χ4n) is 3.50. The number of hydrogen-bond acceptors (Lipinski definition) is 4. The molecule has 1 aromatic carbocycles. The molecule has 0 aliphatic rings. The first kappa shape index (κ1) is 25.5. The van der Waals surface area contributed by atoms with E-state index in [0.717, 1.165) is 12.8 Å². The summed E-state index contributed by atoms with van der Waals surface area (Å²) in [4.78, 5) is 14.6. The Labute approximate surface area is 178 Å². The molecule has 0 unspecified atom stereocenters. The summed E-state index contributed by atoms with van der Waals surface area (Å²) in [6.07, 6.45) is 15.1. The van der Waals surface area contributed by atoms with Crippen molar-refractivity contribution in [2.45, 2.75) is 90.9 Å². The predicted octanol–water partition coefficient (Wildman–Crippen LogP) is 6.57. The molecular formula is C25H43NO3. The zero-order valence-corrected chi connectivity index (χ0v) is 18.8. The molecule has 0 bridgehead atoms. The molecule has 0 saturated carbocycles. The topological polar surface area (TPSA) is 49.8 Å². The summed E-state index contributed by atoms with van der Waals surface area (Å²) < 4.78 is 5.32. The highest BCUT2D eigenvalue weighted by Gasteiger charge is 2.07. The summed E-state index contributed by atoms with van der Waals surface area (Å²) >= 11 is 0. The smallest absolute Gasteiger partial charge is 0.338 e. The minimum Gasteiger partial charge on any atom is -0.508 e. The number of benzene rings is 1. The third-order valence-corrected chi connectivity index (χ3v) is 5.36. The fourth-order valence-corrected chi connectivity index (χ4v) is 3.50. The first-order chi connectivity index (χ1) is 14.2. The molecule has 1 rings (SSSR count). The van der Waals surface area contributed by atoms with Gasteiger partial charge in [-0.15, -0.1) is 0 Å². The molecule has 4 heteroatoms. The molecule has 0 aliphatic heterocycles. The van der Waals surface area contributed by atoms with E-state index in [1.165, 1.54) is 96.0 Å². The lowest BCUT2D eigenvalue weighted by Gasteiger charge is -2.22. The zero-order valence-electron chi connectivity index (χ0n) is 18.8. The summed E-state index contributed by atoms with van der Waals surface area (Å²) in [5.74, 6) is -0.151. The summed E-state index contributed by atoms with van der Waals surface area (Å²) in [6.45, 7) is 8.70. The van der Waals surface area contributed by atoms with Crippen molar-refractivity contribution in [2.24, 2.45) is 0 Å². The number of esters is 1. The minimum absolute atomic E-state index is 0.159. The van der Waals surface area contributed by atoms with Gasteiger partial charge in [0.05, 0.1) is 12.2 Å². The Bertz CT molecular complexity index is 503. The summed E-state index contributed by atoms with van der Waals surface area (Å²) in [6, 6.07) is 6.19. The van der Waals surface area contributed by atoms with Crippen LogP contribution in [0.4, 0.5) is 0 Å². The summed E-state index contributed by atoms with van der Waals surface area (Å²) in [5, 5.41) is 9.26. The average Bonchev–Trinajstić information content (AvgIpc) is 2.73. The highest BCUT2D eigenvalue weighted by molar-refractivity contribution is 5.89. The molecule has 29 heavy (non-hydrogen) atoms. The van der Waals surface area contributed by atoms with Crippen LogP contribution in [0, 0.1) is 0 Å². The molecule has 0 amide bonds. The van der Waals surface area contributed by atoms with Gasteiger partial charge in [-0.3, -0.25) is 0 Å². The van der Waals surface area contributed by atoms with E-state index in [1.54, 1.807) is 12.1 Å². The molecule has 0 aromatic heterocycles. The van der Waals surface area contributed by atoms with E-state index in [-0.39, 0.29) is 11.7 Å². The molecule has 0 radical (unpaired) electrons. The highest BCUT2D eigenvalue weighted by atomic mass is 16.5. The lowest BCUT2D eigenvalue weighted by atomic mass is 10.1. The van der Waals surface area contributed by atoms with Crippen LogP contribution in [-0.2, 0) is 4.74 Å². The van der Waals surface area contributed by atoms with Crippen molar-refractivity contribution >= 4 is 5.97 Å². The number of hydrogen-bond donors (Lipinski definition) is 1. The first-order valence-corrected chi connectivity index (χ1v) is 11.9. The predicted molar refractivity (Wildman–Crippen MR) is 122 cm³/mol. The summed E-state index contributed by atoms with van der Waals surface area (Å²) in [7, 11) is 0. The Kier molecular flexibility index (Phi) is 15.2. The van der Waals surface area contributed by atoms with Crippen LogP contribution < -0.4 is 0 Å². The van der Waals surface area contributed by atoms with E-state index < -0.39 is 0 Å². The van der Waals surface area contributed by atoms with Gasteiger partial charge in [-0.1, -0.05) is 65.2 Å². The van der Waals surface area contributed by atoms with E-state index in [2.05, 4.69) is 18.7 Å². The lowest BCUT2D eigenvalue weighted by Crippen LogP contribution is -2.27. The number of unbranched alkanes of at least 4 members (excludes halogenated alkanes) is 9. The number of aromatic hydroxyl groups is 1. The number of carbonyl (C=O) groups is 1. The highest BCUT2D eigenvalue weighted by Crippen LogP contribution is 2.11. The molecule has 0 saturated heterocycles. The third kappa shape index (κ3) is 13.3. The lowest BCUT2D eigenvalue weighted by molar-refractivity contribution is 0.0497. The van der Waals surface area contributed by atoms with Crippen LogP contribution in [0.3, 0.4) is 0 Å². The molecule has 0 fully saturated rings. The van der Waals surface area contributed by atoms with Crippen molar-refractivity contribution in [3.05, 3.63) is 29.8 Å². The summed E-state index contributed by atoms with van der Waals surface area (Å²) in [5.41, 5.74) is 0.490. The van der Waals surface area contributed by atoms with Crippen molar-refractivity contribution < 1.29 is 14.6 Å². The van der Waals surface area contributed by atoms with Gasteiger partial charge in [-0.05, 0) is 69.6 Å². The van der Waals surface area contributed by atoms with Crippen LogP contribution in [-0.4, -0.2) is 42.2 Å². The van der Waals surface area contributed by atoms with Gasteiger partial charge in [0.15, 0.2) is 0 Å². The minimum atomic E-state index is -0.310. The van der Waals surface area contributed by atoms with Gasteiger partial charge in [0.25, 0.3) is 0 Å². The van der Waals surface area contributed by atoms with E-state index in [0.29, 0.717) is 12.2 Å². The molecule has 0 spiro atoms. The number of phenols is 1. The molecule has 0 atom stereocenters. The second-order valence-corrected chi connectivity index (χ2v) is 8.06. The Morgan fingerprint density at radius 3 is 1.76 bits per heavy atom. The van der Waals surface area contributed by atoms with Crippen LogP contribution >= 0.6 is 0 Å². The molecule has 166 valence electrons. The average molecular weight is 406 g/mol. The van der Waals surface area contributed by atoms with Crippen molar-refractivity contribution in [3.63, 3.8) is 0 Å². The van der Waals surface area contributed by atoms with Crippen molar-refractivity contribution in [3.8, 4) is 5.75 Å². The van der Waals surface area contributed by atoms with E-state index in [1.807, 2.05) is 0 Å². The normalized spacial score (nSPS) is 11.1. The van der Waals surface area contributed by atoms with Gasteiger partial charge in [0.2, 0.25) is 0 Å². The van der Waals surface area contributed by atoms with Crippen LogP contribution in [0.2, 0.25) is 0 Å². The Morgan fingerprint density at radius 1 is 0.759 bits per heavy atom. The first-order valence-electron chi connectivity index (χ1n) is 11.9. The van der Waals surface area contributed by atoms with Gasteiger partial charge in [-0.25, -0.2) is 4.79 Å². The van der Waals surface area contributed by atoms with Gasteiger partial charge < -0.3 is 14.7 Å². The number of ether oxygens (including phenoxy) is 1. The molecular weight excluding hydrogens is 362 g/mol. The van der Waals surface area contributed by atoms with Crippen LogP contribution in [0.5, 0.6) is 5.75 Å². The number of rotatable bonds is 18. The Hall–Kier alpha value is -1.55. The maximum atomic E-state index is 11.9. The monoisotopic (exact) mass is 405 g/mol. The van der Waals surface area contributed by atoms with Gasteiger partial charge in [0, 0.05) is 0 Å². The van der Waals surface area contributed by atoms with Gasteiger partial charge >= 0.3 is 5.97 Å². The van der Waals surface area contributed by atoms with Crippen molar-refractivity contribution in [1.29, 1.82) is 0 Å². The van der Waals surface area contributed by atoms with E-state index in [4.69, 9.17) is 4.74 Å². The molecule has 0 heterocycles. The van der Waals surface area contributed by atoms with E-state index in [9.17, 15) is 9.90 Å².